The molecule has 78 valence electrons. The lowest BCUT2D eigenvalue weighted by atomic mass is 10.1. The first-order chi connectivity index (χ1) is 6.63. The molecule has 0 bridgehead atoms. The van der Waals surface area contributed by atoms with Crippen LogP contribution in [0.25, 0.3) is 0 Å². The van der Waals surface area contributed by atoms with Gasteiger partial charge in [0.15, 0.2) is 0 Å². The maximum Gasteiger partial charge on any atom is 0.119 e. The summed E-state index contributed by atoms with van der Waals surface area (Å²) in [5.41, 5.74) is 0.899. The third kappa shape index (κ3) is 2.92. The summed E-state index contributed by atoms with van der Waals surface area (Å²) in [7, 11) is 0. The van der Waals surface area contributed by atoms with Crippen molar-refractivity contribution >= 4 is 0 Å². The number of hydrogen-bond acceptors (Lipinski definition) is 3. The lowest BCUT2D eigenvalue weighted by Gasteiger charge is -2.14. The maximum atomic E-state index is 9.28. The van der Waals surface area contributed by atoms with Crippen LogP contribution in [-0.4, -0.2) is 16.8 Å². The first kappa shape index (κ1) is 10.9. The van der Waals surface area contributed by atoms with E-state index in [1.807, 2.05) is 6.92 Å². The molecule has 0 radical (unpaired) electrons. The molecule has 0 aromatic heterocycles. The minimum Gasteiger partial charge on any atom is -0.508 e. The largest absolute Gasteiger partial charge is 0.508 e. The van der Waals surface area contributed by atoms with Gasteiger partial charge in [-0.05, 0) is 37.6 Å². The average Bonchev–Trinajstić information content (AvgIpc) is 2.12. The molecule has 0 aliphatic rings. The van der Waals surface area contributed by atoms with Crippen molar-refractivity contribution in [2.75, 3.05) is 6.54 Å². The van der Waals surface area contributed by atoms with Gasteiger partial charge in [-0.3, -0.25) is 0 Å². The Labute approximate surface area is 84.4 Å². The molecule has 0 saturated carbocycles. The van der Waals surface area contributed by atoms with Crippen molar-refractivity contribution in [2.45, 2.75) is 26.3 Å². The van der Waals surface area contributed by atoms with E-state index in [9.17, 15) is 10.2 Å². The van der Waals surface area contributed by atoms with Gasteiger partial charge in [0, 0.05) is 12.1 Å². The highest BCUT2D eigenvalue weighted by molar-refractivity contribution is 5.37. The zero-order valence-corrected chi connectivity index (χ0v) is 8.62. The topological polar surface area (TPSA) is 52.5 Å². The molecule has 1 unspecified atom stereocenters. The molecule has 0 heterocycles. The molecule has 1 aromatic carbocycles. The lowest BCUT2D eigenvalue weighted by Crippen LogP contribution is -2.19. The van der Waals surface area contributed by atoms with Gasteiger partial charge in [-0.15, -0.1) is 0 Å². The molecule has 1 aromatic rings. The van der Waals surface area contributed by atoms with Crippen LogP contribution in [0.3, 0.4) is 0 Å². The van der Waals surface area contributed by atoms with Crippen LogP contribution >= 0.6 is 0 Å². The van der Waals surface area contributed by atoms with Crippen molar-refractivity contribution in [1.82, 2.24) is 5.32 Å². The number of hydrogen-bond donors (Lipinski definition) is 3. The Morgan fingerprint density at radius 2 is 1.79 bits per heavy atom. The smallest absolute Gasteiger partial charge is 0.119 e. The first-order valence-corrected chi connectivity index (χ1v) is 4.89. The Kier molecular flexibility index (Phi) is 3.77. The van der Waals surface area contributed by atoms with Gasteiger partial charge in [0.05, 0.1) is 0 Å². The fraction of sp³-hybridized carbons (Fsp3) is 0.455. The summed E-state index contributed by atoms with van der Waals surface area (Å²) in [5, 5.41) is 21.8. The summed E-state index contributed by atoms with van der Waals surface area (Å²) >= 11 is 0. The molecule has 0 fully saturated rings. The molecule has 0 aliphatic heterocycles. The fourth-order valence-electron chi connectivity index (χ4n) is 1.35. The van der Waals surface area contributed by atoms with Crippen LogP contribution in [0.5, 0.6) is 11.5 Å². The van der Waals surface area contributed by atoms with Crippen molar-refractivity contribution in [1.29, 1.82) is 0 Å². The van der Waals surface area contributed by atoms with Gasteiger partial charge in [-0.1, -0.05) is 6.92 Å². The number of rotatable bonds is 4. The number of nitrogens with one attached hydrogen (secondary N) is 1. The highest BCUT2D eigenvalue weighted by atomic mass is 16.3. The van der Waals surface area contributed by atoms with Crippen molar-refractivity contribution < 1.29 is 10.2 Å². The van der Waals surface area contributed by atoms with Crippen LogP contribution in [0, 0.1) is 0 Å². The Bertz CT molecular complexity index is 279. The Hall–Kier alpha value is -1.22. The van der Waals surface area contributed by atoms with Crippen LogP contribution in [-0.2, 0) is 0 Å². The van der Waals surface area contributed by atoms with E-state index in [1.54, 1.807) is 12.1 Å². The quantitative estimate of drug-likeness (QED) is 0.690. The predicted octanol–water partition coefficient (Wildman–Crippen LogP) is 2.16. The third-order valence-electron chi connectivity index (χ3n) is 2.13. The molecule has 14 heavy (non-hydrogen) atoms. The highest BCUT2D eigenvalue weighted by Gasteiger charge is 2.06. The fourth-order valence-corrected chi connectivity index (χ4v) is 1.35. The molecule has 0 saturated heterocycles. The molecule has 3 heteroatoms. The number of benzene rings is 1. The Morgan fingerprint density at radius 3 is 2.29 bits per heavy atom. The van der Waals surface area contributed by atoms with E-state index in [2.05, 4.69) is 12.2 Å². The van der Waals surface area contributed by atoms with Gasteiger partial charge in [-0.2, -0.15) is 0 Å². The molecule has 1 rings (SSSR count). The van der Waals surface area contributed by atoms with E-state index in [4.69, 9.17) is 0 Å². The van der Waals surface area contributed by atoms with E-state index < -0.39 is 0 Å². The minimum atomic E-state index is 0.102. The monoisotopic (exact) mass is 195 g/mol. The van der Waals surface area contributed by atoms with E-state index >= 15 is 0 Å². The summed E-state index contributed by atoms with van der Waals surface area (Å²) in [6.07, 6.45) is 1.06. The van der Waals surface area contributed by atoms with Gasteiger partial charge in [-0.25, -0.2) is 0 Å². The summed E-state index contributed by atoms with van der Waals surface area (Å²) < 4.78 is 0. The van der Waals surface area contributed by atoms with Gasteiger partial charge in [0.2, 0.25) is 0 Å². The second-order valence-corrected chi connectivity index (χ2v) is 3.46. The lowest BCUT2D eigenvalue weighted by molar-refractivity contribution is 0.446. The second-order valence-electron chi connectivity index (χ2n) is 3.46. The second kappa shape index (κ2) is 4.86. The first-order valence-electron chi connectivity index (χ1n) is 4.89. The van der Waals surface area contributed by atoms with Crippen LogP contribution in [0.1, 0.15) is 31.9 Å². The summed E-state index contributed by atoms with van der Waals surface area (Å²) in [4.78, 5) is 0. The molecule has 0 amide bonds. The minimum absolute atomic E-state index is 0.102. The predicted molar refractivity (Wildman–Crippen MR) is 56.5 cm³/mol. The van der Waals surface area contributed by atoms with E-state index in [1.165, 1.54) is 6.07 Å². The standard InChI is InChI=1S/C11H17NO2/c1-3-4-12-8(2)9-5-10(13)7-11(14)6-9/h5-8,12-14H,3-4H2,1-2H3. The van der Waals surface area contributed by atoms with Crippen LogP contribution in [0.15, 0.2) is 18.2 Å². The highest BCUT2D eigenvalue weighted by Crippen LogP contribution is 2.24. The zero-order valence-electron chi connectivity index (χ0n) is 8.62. The van der Waals surface area contributed by atoms with E-state index in [-0.39, 0.29) is 17.5 Å². The summed E-state index contributed by atoms with van der Waals surface area (Å²) in [6.45, 7) is 5.03. The number of phenols is 2. The van der Waals surface area contributed by atoms with Crippen LogP contribution in [0.4, 0.5) is 0 Å². The average molecular weight is 195 g/mol. The zero-order chi connectivity index (χ0) is 10.6. The summed E-state index contributed by atoms with van der Waals surface area (Å²) in [6, 6.07) is 4.80. The Balaban J connectivity index is 2.73. The third-order valence-corrected chi connectivity index (χ3v) is 2.13. The number of aromatic hydroxyl groups is 2. The number of phenolic OH excluding ortho intramolecular Hbond substituents is 2. The van der Waals surface area contributed by atoms with Crippen molar-refractivity contribution in [2.24, 2.45) is 0 Å². The molecule has 3 N–H and O–H groups in total. The summed E-state index contributed by atoms with van der Waals surface area (Å²) in [5.74, 6) is 0.204. The molecule has 1 atom stereocenters. The SMILES string of the molecule is CCCNC(C)c1cc(O)cc(O)c1. The van der Waals surface area contributed by atoms with Gasteiger partial charge in [0.25, 0.3) is 0 Å². The van der Waals surface area contributed by atoms with Crippen molar-refractivity contribution in [3.05, 3.63) is 23.8 Å². The van der Waals surface area contributed by atoms with Crippen LogP contribution in [0.2, 0.25) is 0 Å². The molecular weight excluding hydrogens is 178 g/mol. The van der Waals surface area contributed by atoms with E-state index in [0.717, 1.165) is 18.5 Å². The normalized spacial score (nSPS) is 12.7. The van der Waals surface area contributed by atoms with Crippen molar-refractivity contribution in [3.8, 4) is 11.5 Å². The molecule has 0 spiro atoms. The Morgan fingerprint density at radius 1 is 1.21 bits per heavy atom. The maximum absolute atomic E-state index is 9.28. The van der Waals surface area contributed by atoms with Gasteiger partial charge < -0.3 is 15.5 Å². The van der Waals surface area contributed by atoms with Gasteiger partial charge >= 0.3 is 0 Å². The molecular formula is C11H17NO2. The van der Waals surface area contributed by atoms with E-state index in [0.29, 0.717) is 0 Å². The molecule has 3 nitrogen and oxygen atoms in total. The van der Waals surface area contributed by atoms with Crippen molar-refractivity contribution in [3.63, 3.8) is 0 Å². The van der Waals surface area contributed by atoms with Crippen LogP contribution < -0.4 is 5.32 Å². The van der Waals surface area contributed by atoms with Gasteiger partial charge in [0.1, 0.15) is 11.5 Å². The molecule has 0 aliphatic carbocycles.